The zero-order chi connectivity index (χ0) is 10.0. The molecule has 1 aliphatic rings. The number of hydrogen-bond acceptors (Lipinski definition) is 2. The van der Waals surface area contributed by atoms with Gasteiger partial charge < -0.3 is 5.32 Å². The maximum absolute atomic E-state index is 4.08. The van der Waals surface area contributed by atoms with Crippen LogP contribution in [0.1, 0.15) is 25.3 Å². The van der Waals surface area contributed by atoms with E-state index in [0.29, 0.717) is 5.41 Å². The number of hydrogen-bond donors (Lipinski definition) is 1. The summed E-state index contributed by atoms with van der Waals surface area (Å²) < 4.78 is 0. The van der Waals surface area contributed by atoms with E-state index in [1.165, 1.54) is 18.4 Å². The highest BCUT2D eigenvalue weighted by Crippen LogP contribution is 2.47. The Balaban J connectivity index is 2.28. The fourth-order valence-corrected chi connectivity index (χ4v) is 2.57. The third-order valence-corrected chi connectivity index (χ3v) is 3.71. The molecule has 0 aliphatic heterocycles. The van der Waals surface area contributed by atoms with Crippen LogP contribution in [0.5, 0.6) is 0 Å². The third-order valence-electron chi connectivity index (χ3n) is 3.71. The minimum atomic E-state index is 0.373. The summed E-state index contributed by atoms with van der Waals surface area (Å²) in [5, 5.41) is 3.32. The van der Waals surface area contributed by atoms with Crippen molar-refractivity contribution in [3.8, 4) is 0 Å². The Morgan fingerprint density at radius 3 is 2.64 bits per heavy atom. The molecule has 0 radical (unpaired) electrons. The third kappa shape index (κ3) is 1.34. The Bertz CT molecular complexity index is 296. The van der Waals surface area contributed by atoms with E-state index in [4.69, 9.17) is 0 Å². The minimum absolute atomic E-state index is 0.373. The predicted molar refractivity (Wildman–Crippen MR) is 58.2 cm³/mol. The van der Waals surface area contributed by atoms with Crippen molar-refractivity contribution in [2.45, 2.75) is 25.2 Å². The van der Waals surface area contributed by atoms with Crippen LogP contribution >= 0.6 is 0 Å². The van der Waals surface area contributed by atoms with Crippen LogP contribution in [-0.4, -0.2) is 18.6 Å². The second kappa shape index (κ2) is 3.70. The van der Waals surface area contributed by atoms with Crippen LogP contribution in [0.15, 0.2) is 24.5 Å². The largest absolute Gasteiger partial charge is 0.319 e. The van der Waals surface area contributed by atoms with E-state index < -0.39 is 0 Å². The highest BCUT2D eigenvalue weighted by Gasteiger charge is 2.44. The smallest absolute Gasteiger partial charge is 0.0270 e. The second-order valence-corrected chi connectivity index (χ2v) is 4.36. The topological polar surface area (TPSA) is 24.9 Å². The van der Waals surface area contributed by atoms with E-state index in [1.807, 2.05) is 19.4 Å². The summed E-state index contributed by atoms with van der Waals surface area (Å²) in [5.74, 6) is 0.789. The first-order valence-corrected chi connectivity index (χ1v) is 5.35. The Morgan fingerprint density at radius 2 is 2.21 bits per heavy atom. The number of aromatic nitrogens is 1. The quantitative estimate of drug-likeness (QED) is 0.788. The van der Waals surface area contributed by atoms with Crippen molar-refractivity contribution in [1.29, 1.82) is 0 Å². The Labute approximate surface area is 85.7 Å². The lowest BCUT2D eigenvalue weighted by atomic mass is 9.57. The van der Waals surface area contributed by atoms with Crippen molar-refractivity contribution >= 4 is 0 Å². The van der Waals surface area contributed by atoms with E-state index in [0.717, 1.165) is 12.5 Å². The van der Waals surface area contributed by atoms with Crippen LogP contribution in [0.25, 0.3) is 0 Å². The SMILES string of the molecule is CNCC1(c2ccncc2)CCC1C. The van der Waals surface area contributed by atoms with Gasteiger partial charge in [-0.3, -0.25) is 4.98 Å². The molecule has 1 aromatic heterocycles. The maximum Gasteiger partial charge on any atom is 0.0270 e. The van der Waals surface area contributed by atoms with Gasteiger partial charge >= 0.3 is 0 Å². The zero-order valence-corrected chi connectivity index (χ0v) is 8.96. The summed E-state index contributed by atoms with van der Waals surface area (Å²) in [6.07, 6.45) is 6.46. The van der Waals surface area contributed by atoms with Crippen LogP contribution in [-0.2, 0) is 5.41 Å². The van der Waals surface area contributed by atoms with Crippen molar-refractivity contribution < 1.29 is 0 Å². The van der Waals surface area contributed by atoms with E-state index >= 15 is 0 Å². The fourth-order valence-electron chi connectivity index (χ4n) is 2.57. The molecule has 0 bridgehead atoms. The average molecular weight is 190 g/mol. The molecule has 1 fully saturated rings. The standard InChI is InChI=1S/C12H18N2/c1-10-3-6-12(10,9-13-2)11-4-7-14-8-5-11/h4-5,7-8,10,13H,3,6,9H2,1-2H3. The number of nitrogens with zero attached hydrogens (tertiary/aromatic N) is 1. The molecule has 0 saturated heterocycles. The van der Waals surface area contributed by atoms with E-state index in [-0.39, 0.29) is 0 Å². The first-order chi connectivity index (χ1) is 6.79. The molecule has 1 heterocycles. The number of nitrogens with one attached hydrogen (secondary N) is 1. The summed E-state index contributed by atoms with van der Waals surface area (Å²) in [6, 6.07) is 4.32. The van der Waals surface area contributed by atoms with E-state index in [1.54, 1.807) is 0 Å². The van der Waals surface area contributed by atoms with Gasteiger partial charge in [0, 0.05) is 24.4 Å². The molecule has 2 atom stereocenters. The van der Waals surface area contributed by atoms with Gasteiger partial charge in [0.05, 0.1) is 0 Å². The lowest BCUT2D eigenvalue weighted by Gasteiger charge is -2.48. The van der Waals surface area contributed by atoms with E-state index in [2.05, 4.69) is 29.4 Å². The first kappa shape index (κ1) is 9.66. The Kier molecular flexibility index (Phi) is 2.55. The van der Waals surface area contributed by atoms with Crippen LogP contribution in [0, 0.1) is 5.92 Å². The predicted octanol–water partition coefficient (Wildman–Crippen LogP) is 1.97. The van der Waals surface area contributed by atoms with Crippen molar-refractivity contribution in [3.05, 3.63) is 30.1 Å². The highest BCUT2D eigenvalue weighted by atomic mass is 14.8. The van der Waals surface area contributed by atoms with Crippen molar-refractivity contribution in [1.82, 2.24) is 10.3 Å². The molecule has 14 heavy (non-hydrogen) atoms. The van der Waals surface area contributed by atoms with Gasteiger partial charge in [-0.15, -0.1) is 0 Å². The van der Waals surface area contributed by atoms with Gasteiger partial charge in [-0.05, 0) is 43.5 Å². The van der Waals surface area contributed by atoms with Gasteiger partial charge in [-0.2, -0.15) is 0 Å². The van der Waals surface area contributed by atoms with Crippen LogP contribution in [0.2, 0.25) is 0 Å². The monoisotopic (exact) mass is 190 g/mol. The first-order valence-electron chi connectivity index (χ1n) is 5.35. The summed E-state index contributed by atoms with van der Waals surface area (Å²) in [6.45, 7) is 3.43. The molecule has 76 valence electrons. The molecule has 1 saturated carbocycles. The summed E-state index contributed by atoms with van der Waals surface area (Å²) in [4.78, 5) is 4.08. The lowest BCUT2D eigenvalue weighted by Crippen LogP contribution is -2.49. The molecule has 1 N–H and O–H groups in total. The van der Waals surface area contributed by atoms with Gasteiger partial charge in [0.15, 0.2) is 0 Å². The molecule has 0 aromatic carbocycles. The molecule has 1 aromatic rings. The van der Waals surface area contributed by atoms with Gasteiger partial charge in [0.1, 0.15) is 0 Å². The molecule has 2 rings (SSSR count). The van der Waals surface area contributed by atoms with Gasteiger partial charge in [0.25, 0.3) is 0 Å². The van der Waals surface area contributed by atoms with E-state index in [9.17, 15) is 0 Å². The summed E-state index contributed by atoms with van der Waals surface area (Å²) in [5.41, 5.74) is 1.82. The maximum atomic E-state index is 4.08. The van der Waals surface area contributed by atoms with Crippen molar-refractivity contribution in [3.63, 3.8) is 0 Å². The van der Waals surface area contributed by atoms with Gasteiger partial charge in [-0.25, -0.2) is 0 Å². The summed E-state index contributed by atoms with van der Waals surface area (Å²) in [7, 11) is 2.04. The normalized spacial score (nSPS) is 31.1. The fraction of sp³-hybridized carbons (Fsp3) is 0.583. The Morgan fingerprint density at radius 1 is 1.50 bits per heavy atom. The van der Waals surface area contributed by atoms with Crippen molar-refractivity contribution in [2.24, 2.45) is 5.92 Å². The second-order valence-electron chi connectivity index (χ2n) is 4.36. The van der Waals surface area contributed by atoms with Gasteiger partial charge in [-0.1, -0.05) is 6.92 Å². The van der Waals surface area contributed by atoms with Crippen LogP contribution in [0.4, 0.5) is 0 Å². The molecule has 2 unspecified atom stereocenters. The summed E-state index contributed by atoms with van der Waals surface area (Å²) >= 11 is 0. The van der Waals surface area contributed by atoms with Crippen LogP contribution < -0.4 is 5.32 Å². The zero-order valence-electron chi connectivity index (χ0n) is 8.96. The van der Waals surface area contributed by atoms with Gasteiger partial charge in [0.2, 0.25) is 0 Å². The van der Waals surface area contributed by atoms with Crippen molar-refractivity contribution in [2.75, 3.05) is 13.6 Å². The molecule has 0 amide bonds. The Hall–Kier alpha value is -0.890. The van der Waals surface area contributed by atoms with Crippen LogP contribution in [0.3, 0.4) is 0 Å². The molecule has 0 spiro atoms. The molecule has 2 heteroatoms. The molecule has 2 nitrogen and oxygen atoms in total. The lowest BCUT2D eigenvalue weighted by molar-refractivity contribution is 0.137. The molecular weight excluding hydrogens is 172 g/mol. The average Bonchev–Trinajstić information content (AvgIpc) is 2.25. The molecule has 1 aliphatic carbocycles. The minimum Gasteiger partial charge on any atom is -0.319 e. The highest BCUT2D eigenvalue weighted by molar-refractivity contribution is 5.28. The molecular formula is C12H18N2. The number of rotatable bonds is 3. The number of likely N-dealkylation sites (N-methyl/N-ethyl adjacent to an activating group) is 1. The number of pyridine rings is 1.